The molecule has 130 valence electrons. The van der Waals surface area contributed by atoms with Crippen LogP contribution < -0.4 is 0 Å². The molecule has 2 heterocycles. The molecular weight excluding hydrogens is 328 g/mol. The van der Waals surface area contributed by atoms with Crippen molar-refractivity contribution in [1.29, 1.82) is 0 Å². The zero-order valence-corrected chi connectivity index (χ0v) is 15.5. The highest BCUT2D eigenvalue weighted by molar-refractivity contribution is 7.99. The van der Waals surface area contributed by atoms with E-state index in [9.17, 15) is 9.59 Å². The Kier molecular flexibility index (Phi) is 6.57. The van der Waals surface area contributed by atoms with Crippen molar-refractivity contribution in [2.75, 3.05) is 36.2 Å². The molecule has 3 fully saturated rings. The van der Waals surface area contributed by atoms with Gasteiger partial charge < -0.3 is 9.80 Å². The van der Waals surface area contributed by atoms with Gasteiger partial charge in [0.2, 0.25) is 11.8 Å². The molecule has 3 aliphatic rings. The molecule has 2 amide bonds. The average Bonchev–Trinajstić information content (AvgIpc) is 3.10. The van der Waals surface area contributed by atoms with Crippen molar-refractivity contribution in [3.8, 4) is 0 Å². The van der Waals surface area contributed by atoms with Gasteiger partial charge in [0.15, 0.2) is 0 Å². The minimum absolute atomic E-state index is 0.182. The zero-order valence-electron chi connectivity index (χ0n) is 13.9. The third-order valence-electron chi connectivity index (χ3n) is 5.30. The van der Waals surface area contributed by atoms with Gasteiger partial charge in [0.05, 0.1) is 5.88 Å². The zero-order chi connectivity index (χ0) is 16.1. The molecule has 1 saturated carbocycles. The van der Waals surface area contributed by atoms with Crippen LogP contribution >= 0.6 is 23.5 Å². The number of hydrogen-bond acceptors (Lipinski definition) is 4. The molecule has 0 aromatic carbocycles. The fourth-order valence-electron chi connectivity index (χ4n) is 3.83. The molecule has 0 aromatic rings. The summed E-state index contributed by atoms with van der Waals surface area (Å²) < 4.78 is 0. The molecule has 0 N–H and O–H groups in total. The van der Waals surface area contributed by atoms with Crippen LogP contribution in [0.5, 0.6) is 0 Å². The summed E-state index contributed by atoms with van der Waals surface area (Å²) >= 11 is 3.63. The van der Waals surface area contributed by atoms with Gasteiger partial charge in [-0.3, -0.25) is 9.59 Å². The van der Waals surface area contributed by atoms with Gasteiger partial charge in [0, 0.05) is 36.8 Å². The number of carbonyl (C=O) groups excluding carboxylic acids is 2. The van der Waals surface area contributed by atoms with E-state index in [1.807, 2.05) is 21.6 Å². The molecule has 1 aliphatic carbocycles. The van der Waals surface area contributed by atoms with Crippen molar-refractivity contribution >= 4 is 35.3 Å². The van der Waals surface area contributed by atoms with E-state index in [2.05, 4.69) is 0 Å². The number of hydrogen-bond donors (Lipinski definition) is 0. The first-order chi connectivity index (χ1) is 11.3. The molecule has 3 rings (SSSR count). The fraction of sp³-hybridized carbons (Fsp3) is 0.882. The molecule has 6 heteroatoms. The predicted molar refractivity (Wildman–Crippen MR) is 97.7 cm³/mol. The Labute approximate surface area is 148 Å². The maximum Gasteiger partial charge on any atom is 0.246 e. The SMILES string of the molecule is O=C(C1CSCN1C(=O)CCC1CCCCC1)N1CCSCC1. The van der Waals surface area contributed by atoms with Gasteiger partial charge in [-0.1, -0.05) is 32.1 Å². The summed E-state index contributed by atoms with van der Waals surface area (Å²) in [6.07, 6.45) is 8.23. The monoisotopic (exact) mass is 356 g/mol. The van der Waals surface area contributed by atoms with Crippen LogP contribution in [0, 0.1) is 5.92 Å². The Morgan fingerprint density at radius 2 is 1.74 bits per heavy atom. The second-order valence-electron chi connectivity index (χ2n) is 6.86. The van der Waals surface area contributed by atoms with Crippen LogP contribution in [-0.4, -0.2) is 63.9 Å². The molecule has 2 saturated heterocycles. The summed E-state index contributed by atoms with van der Waals surface area (Å²) in [4.78, 5) is 29.2. The summed E-state index contributed by atoms with van der Waals surface area (Å²) in [5.41, 5.74) is 0. The van der Waals surface area contributed by atoms with Crippen LogP contribution in [0.2, 0.25) is 0 Å². The molecule has 2 aliphatic heterocycles. The molecule has 0 spiro atoms. The van der Waals surface area contributed by atoms with Crippen LogP contribution in [0.4, 0.5) is 0 Å². The number of carbonyl (C=O) groups is 2. The first-order valence-electron chi connectivity index (χ1n) is 8.99. The van der Waals surface area contributed by atoms with E-state index in [1.54, 1.807) is 11.8 Å². The number of thioether (sulfide) groups is 2. The van der Waals surface area contributed by atoms with E-state index < -0.39 is 0 Å². The van der Waals surface area contributed by atoms with Gasteiger partial charge in [0.25, 0.3) is 0 Å². The molecular formula is C17H28N2O2S2. The molecule has 4 nitrogen and oxygen atoms in total. The van der Waals surface area contributed by atoms with Crippen molar-refractivity contribution in [1.82, 2.24) is 9.80 Å². The van der Waals surface area contributed by atoms with Gasteiger partial charge in [-0.15, -0.1) is 11.8 Å². The fourth-order valence-corrected chi connectivity index (χ4v) is 5.91. The van der Waals surface area contributed by atoms with Crippen LogP contribution in [0.15, 0.2) is 0 Å². The molecule has 0 bridgehead atoms. The van der Waals surface area contributed by atoms with Crippen molar-refractivity contribution in [3.05, 3.63) is 0 Å². The van der Waals surface area contributed by atoms with E-state index in [4.69, 9.17) is 0 Å². The normalized spacial score (nSPS) is 26.5. The topological polar surface area (TPSA) is 40.6 Å². The van der Waals surface area contributed by atoms with Crippen molar-refractivity contribution in [3.63, 3.8) is 0 Å². The summed E-state index contributed by atoms with van der Waals surface area (Å²) in [7, 11) is 0. The van der Waals surface area contributed by atoms with E-state index in [-0.39, 0.29) is 17.9 Å². The van der Waals surface area contributed by atoms with Gasteiger partial charge in [-0.05, 0) is 12.3 Å². The maximum atomic E-state index is 12.7. The molecule has 23 heavy (non-hydrogen) atoms. The highest BCUT2D eigenvalue weighted by atomic mass is 32.2. The second-order valence-corrected chi connectivity index (χ2v) is 9.08. The first-order valence-corrected chi connectivity index (χ1v) is 11.3. The van der Waals surface area contributed by atoms with Crippen molar-refractivity contribution < 1.29 is 9.59 Å². The number of rotatable bonds is 4. The van der Waals surface area contributed by atoms with E-state index >= 15 is 0 Å². The van der Waals surface area contributed by atoms with E-state index in [1.165, 1.54) is 32.1 Å². The summed E-state index contributed by atoms with van der Waals surface area (Å²) in [6.45, 7) is 1.68. The second kappa shape index (κ2) is 8.65. The summed E-state index contributed by atoms with van der Waals surface area (Å²) in [5.74, 6) is 4.64. The Morgan fingerprint density at radius 1 is 1.00 bits per heavy atom. The lowest BCUT2D eigenvalue weighted by Crippen LogP contribution is -2.51. The third kappa shape index (κ3) is 4.59. The Hall–Kier alpha value is -0.360. The third-order valence-corrected chi connectivity index (χ3v) is 7.26. The lowest BCUT2D eigenvalue weighted by Gasteiger charge is -2.32. The van der Waals surface area contributed by atoms with Gasteiger partial charge in [-0.25, -0.2) is 0 Å². The smallest absolute Gasteiger partial charge is 0.246 e. The minimum atomic E-state index is -0.207. The number of amides is 2. The standard InChI is InChI=1S/C17H28N2O2S2/c20-16(7-6-14-4-2-1-3-5-14)19-13-23-12-15(19)17(21)18-8-10-22-11-9-18/h14-15H,1-13H2. The van der Waals surface area contributed by atoms with Crippen LogP contribution in [0.1, 0.15) is 44.9 Å². The highest BCUT2D eigenvalue weighted by Gasteiger charge is 2.37. The summed E-state index contributed by atoms with van der Waals surface area (Å²) in [5, 5.41) is 0. The number of nitrogens with zero attached hydrogens (tertiary/aromatic N) is 2. The van der Waals surface area contributed by atoms with E-state index in [0.29, 0.717) is 12.3 Å². The van der Waals surface area contributed by atoms with Crippen LogP contribution in [-0.2, 0) is 9.59 Å². The molecule has 1 unspecified atom stereocenters. The van der Waals surface area contributed by atoms with Gasteiger partial charge >= 0.3 is 0 Å². The maximum absolute atomic E-state index is 12.7. The molecule has 0 radical (unpaired) electrons. The molecule has 1 atom stereocenters. The van der Waals surface area contributed by atoms with E-state index in [0.717, 1.165) is 42.7 Å². The summed E-state index contributed by atoms with van der Waals surface area (Å²) in [6, 6.07) is -0.207. The first kappa shape index (κ1) is 17.5. The van der Waals surface area contributed by atoms with Gasteiger partial charge in [0.1, 0.15) is 6.04 Å². The minimum Gasteiger partial charge on any atom is -0.339 e. The van der Waals surface area contributed by atoms with Gasteiger partial charge in [-0.2, -0.15) is 11.8 Å². The Balaban J connectivity index is 1.50. The van der Waals surface area contributed by atoms with Crippen LogP contribution in [0.25, 0.3) is 0 Å². The largest absolute Gasteiger partial charge is 0.339 e. The molecule has 0 aromatic heterocycles. The Morgan fingerprint density at radius 3 is 2.48 bits per heavy atom. The Bertz CT molecular complexity index is 421. The quantitative estimate of drug-likeness (QED) is 0.777. The lowest BCUT2D eigenvalue weighted by atomic mass is 9.86. The van der Waals surface area contributed by atoms with Crippen molar-refractivity contribution in [2.24, 2.45) is 5.92 Å². The predicted octanol–water partition coefficient (Wildman–Crippen LogP) is 2.82. The van der Waals surface area contributed by atoms with Crippen LogP contribution in [0.3, 0.4) is 0 Å². The van der Waals surface area contributed by atoms with Crippen molar-refractivity contribution in [2.45, 2.75) is 51.0 Å². The lowest BCUT2D eigenvalue weighted by molar-refractivity contribution is -0.143. The highest BCUT2D eigenvalue weighted by Crippen LogP contribution is 2.29. The average molecular weight is 357 g/mol.